The van der Waals surface area contributed by atoms with E-state index in [1.807, 2.05) is 0 Å². The minimum absolute atomic E-state index is 0.178. The summed E-state index contributed by atoms with van der Waals surface area (Å²) >= 11 is 0. The molecule has 0 fully saturated rings. The van der Waals surface area contributed by atoms with Crippen molar-refractivity contribution in [3.63, 3.8) is 0 Å². The van der Waals surface area contributed by atoms with Gasteiger partial charge in [-0.15, -0.1) is 0 Å². The number of carboxylic acids is 1. The average molecular weight is 381 g/mol. The summed E-state index contributed by atoms with van der Waals surface area (Å²) in [7, 11) is 3.36. The summed E-state index contributed by atoms with van der Waals surface area (Å²) in [5.41, 5.74) is 3.01. The molecular formula is C17H23N3O7. The average Bonchev–Trinajstić information content (AvgIpc) is 2.56. The number of carbonyl (C=O) groups excluding carboxylic acids is 3. The molecule has 1 rings (SSSR count). The van der Waals surface area contributed by atoms with Crippen molar-refractivity contribution in [2.24, 2.45) is 0 Å². The minimum atomic E-state index is -1.43. The van der Waals surface area contributed by atoms with E-state index < -0.39 is 36.5 Å². The fourth-order valence-corrected chi connectivity index (χ4v) is 2.10. The van der Waals surface area contributed by atoms with E-state index in [0.717, 1.165) is 11.8 Å². The van der Waals surface area contributed by atoms with Crippen molar-refractivity contribution in [3.05, 3.63) is 24.3 Å². The normalized spacial score (nSPS) is 11.6. The topological polar surface area (TPSA) is 125 Å². The maximum Gasteiger partial charge on any atom is 0.330 e. The first-order valence-corrected chi connectivity index (χ1v) is 7.99. The molecule has 0 saturated carbocycles. The first-order valence-electron chi connectivity index (χ1n) is 7.99. The smallest absolute Gasteiger partial charge is 0.330 e. The molecule has 148 valence electrons. The number of amides is 1. The number of hydrazine groups is 1. The first kappa shape index (κ1) is 22.1. The van der Waals surface area contributed by atoms with Crippen LogP contribution in [-0.4, -0.2) is 67.2 Å². The summed E-state index contributed by atoms with van der Waals surface area (Å²) in [6, 6.07) is 4.32. The van der Waals surface area contributed by atoms with Gasteiger partial charge in [0.25, 0.3) is 0 Å². The van der Waals surface area contributed by atoms with Crippen LogP contribution in [0.15, 0.2) is 24.3 Å². The van der Waals surface area contributed by atoms with Crippen molar-refractivity contribution in [1.82, 2.24) is 10.4 Å². The molecule has 10 heteroatoms. The van der Waals surface area contributed by atoms with E-state index in [2.05, 4.69) is 5.43 Å². The third-order valence-electron chi connectivity index (χ3n) is 3.23. The first-order chi connectivity index (χ1) is 12.6. The molecule has 0 aliphatic rings. The van der Waals surface area contributed by atoms with Crippen LogP contribution in [0.5, 0.6) is 5.75 Å². The molecule has 0 spiro atoms. The molecule has 0 saturated heterocycles. The van der Waals surface area contributed by atoms with Crippen LogP contribution in [-0.2, 0) is 23.9 Å². The van der Waals surface area contributed by atoms with Crippen molar-refractivity contribution in [2.75, 3.05) is 32.1 Å². The number of carbonyl (C=O) groups is 4. The highest BCUT2D eigenvalue weighted by Gasteiger charge is 2.32. The summed E-state index contributed by atoms with van der Waals surface area (Å²) in [6.07, 6.45) is 0. The number of hydrogen-bond donors (Lipinski definition) is 2. The molecule has 1 atom stereocenters. The fourth-order valence-electron chi connectivity index (χ4n) is 2.10. The molecule has 1 aromatic rings. The summed E-state index contributed by atoms with van der Waals surface area (Å²) in [6.45, 7) is 1.70. The van der Waals surface area contributed by atoms with Gasteiger partial charge in [0.1, 0.15) is 12.4 Å². The molecule has 10 nitrogen and oxygen atoms in total. The molecule has 0 bridgehead atoms. The highest BCUT2D eigenvalue weighted by Crippen LogP contribution is 2.22. The van der Waals surface area contributed by atoms with Gasteiger partial charge in [0, 0.05) is 33.6 Å². The number of rotatable bonds is 9. The maximum absolute atomic E-state index is 12.6. The van der Waals surface area contributed by atoms with Crippen LogP contribution in [0, 0.1) is 0 Å². The lowest BCUT2D eigenvalue weighted by Gasteiger charge is -2.29. The fraction of sp³-hybridized carbons (Fsp3) is 0.412. The van der Waals surface area contributed by atoms with E-state index in [9.17, 15) is 24.3 Å². The number of hydrogen-bond acceptors (Lipinski definition) is 8. The number of ether oxygens (including phenoxy) is 2. The Bertz CT molecular complexity index is 688. The summed E-state index contributed by atoms with van der Waals surface area (Å²) in [4.78, 5) is 47.4. The van der Waals surface area contributed by atoms with E-state index in [0.29, 0.717) is 0 Å². The Hall–Kier alpha value is -2.98. The van der Waals surface area contributed by atoms with Gasteiger partial charge in [-0.05, 0) is 24.3 Å². The van der Waals surface area contributed by atoms with Crippen LogP contribution in [0.25, 0.3) is 0 Å². The van der Waals surface area contributed by atoms with E-state index >= 15 is 0 Å². The van der Waals surface area contributed by atoms with E-state index in [4.69, 9.17) is 9.47 Å². The molecule has 0 aliphatic carbocycles. The van der Waals surface area contributed by atoms with E-state index in [1.165, 1.54) is 31.2 Å². The number of esters is 2. The standard InChI is InChI=1S/C17H23N3O7/c1-11(21)26-10-15(17(24)25)20(16(23)9-18-19(3)4)13-5-7-14(8-6-13)27-12(2)22/h5-8,15,18H,9-10H2,1-4H3,(H,24,25)/t15-/m0/s1. The molecule has 0 radical (unpaired) electrons. The highest BCUT2D eigenvalue weighted by molar-refractivity contribution is 6.00. The van der Waals surface area contributed by atoms with Crippen molar-refractivity contribution in [3.8, 4) is 5.75 Å². The van der Waals surface area contributed by atoms with Gasteiger partial charge >= 0.3 is 17.9 Å². The van der Waals surface area contributed by atoms with Crippen LogP contribution in [0.3, 0.4) is 0 Å². The zero-order valence-corrected chi connectivity index (χ0v) is 15.6. The van der Waals surface area contributed by atoms with Gasteiger partial charge in [-0.1, -0.05) is 0 Å². The highest BCUT2D eigenvalue weighted by atomic mass is 16.5. The Morgan fingerprint density at radius 1 is 1.07 bits per heavy atom. The second-order valence-electron chi connectivity index (χ2n) is 5.74. The number of benzene rings is 1. The molecule has 1 amide bonds. The van der Waals surface area contributed by atoms with Crippen LogP contribution < -0.4 is 15.1 Å². The molecule has 1 aromatic carbocycles. The molecule has 0 aliphatic heterocycles. The SMILES string of the molecule is CC(=O)OC[C@@H](C(=O)O)N(C(=O)CNN(C)C)c1ccc(OC(C)=O)cc1. The van der Waals surface area contributed by atoms with Gasteiger partial charge < -0.3 is 14.6 Å². The number of aliphatic carboxylic acids is 1. The van der Waals surface area contributed by atoms with Crippen molar-refractivity contribution >= 4 is 29.5 Å². The van der Waals surface area contributed by atoms with Gasteiger partial charge in [-0.3, -0.25) is 24.3 Å². The van der Waals surface area contributed by atoms with Crippen molar-refractivity contribution < 1.29 is 33.8 Å². The number of carboxylic acid groups (broad SMARTS) is 1. The van der Waals surface area contributed by atoms with Gasteiger partial charge in [-0.2, -0.15) is 0 Å². The van der Waals surface area contributed by atoms with Crippen LogP contribution in [0.1, 0.15) is 13.8 Å². The number of nitrogens with zero attached hydrogens (tertiary/aromatic N) is 2. The maximum atomic E-state index is 12.6. The Balaban J connectivity index is 3.18. The summed E-state index contributed by atoms with van der Waals surface area (Å²) in [5.74, 6) is -2.81. The van der Waals surface area contributed by atoms with E-state index in [-0.39, 0.29) is 18.0 Å². The van der Waals surface area contributed by atoms with E-state index in [1.54, 1.807) is 19.1 Å². The van der Waals surface area contributed by atoms with Crippen molar-refractivity contribution in [1.29, 1.82) is 0 Å². The predicted molar refractivity (Wildman–Crippen MR) is 95.0 cm³/mol. The third kappa shape index (κ3) is 7.42. The zero-order chi connectivity index (χ0) is 20.6. The van der Waals surface area contributed by atoms with Crippen LogP contribution in [0.2, 0.25) is 0 Å². The molecular weight excluding hydrogens is 358 g/mol. The third-order valence-corrected chi connectivity index (χ3v) is 3.23. The summed E-state index contributed by atoms with van der Waals surface area (Å²) in [5, 5.41) is 11.1. The van der Waals surface area contributed by atoms with Gasteiger partial charge in [0.05, 0.1) is 6.54 Å². The predicted octanol–water partition coefficient (Wildman–Crippen LogP) is 0.0274. The summed E-state index contributed by atoms with van der Waals surface area (Å²) < 4.78 is 9.73. The second kappa shape index (κ2) is 10.2. The molecule has 2 N–H and O–H groups in total. The lowest BCUT2D eigenvalue weighted by atomic mass is 10.2. The van der Waals surface area contributed by atoms with Gasteiger partial charge in [-0.25, -0.2) is 10.2 Å². The quantitative estimate of drug-likeness (QED) is 0.346. The Labute approximate surface area is 156 Å². The second-order valence-corrected chi connectivity index (χ2v) is 5.74. The number of anilines is 1. The molecule has 0 heterocycles. The van der Waals surface area contributed by atoms with Crippen LogP contribution in [0.4, 0.5) is 5.69 Å². The van der Waals surface area contributed by atoms with Gasteiger partial charge in [0.15, 0.2) is 6.04 Å². The Morgan fingerprint density at radius 3 is 2.11 bits per heavy atom. The van der Waals surface area contributed by atoms with Crippen LogP contribution >= 0.6 is 0 Å². The number of nitrogens with one attached hydrogen (secondary N) is 1. The lowest BCUT2D eigenvalue weighted by molar-refractivity contribution is -0.147. The zero-order valence-electron chi connectivity index (χ0n) is 15.6. The van der Waals surface area contributed by atoms with Crippen molar-refractivity contribution in [2.45, 2.75) is 19.9 Å². The minimum Gasteiger partial charge on any atom is -0.480 e. The molecule has 0 unspecified atom stereocenters. The Morgan fingerprint density at radius 2 is 1.67 bits per heavy atom. The lowest BCUT2D eigenvalue weighted by Crippen LogP contribution is -2.52. The Kier molecular flexibility index (Phi) is 8.36. The monoisotopic (exact) mass is 381 g/mol. The molecule has 0 aromatic heterocycles. The largest absolute Gasteiger partial charge is 0.480 e. The molecule has 27 heavy (non-hydrogen) atoms. The van der Waals surface area contributed by atoms with Gasteiger partial charge in [0.2, 0.25) is 5.91 Å².